The molecule has 4 heteroatoms. The Hall–Kier alpha value is -2.38. The second kappa shape index (κ2) is 5.43. The molecule has 22 heavy (non-hydrogen) atoms. The SMILES string of the molecule is N#Cc1c(N=Cc2c[nH]c3ccccc23)sc2c1CCCC2. The molecule has 0 aliphatic heterocycles. The molecule has 1 N–H and O–H groups in total. The van der Waals surface area contributed by atoms with E-state index in [0.717, 1.165) is 39.9 Å². The molecule has 0 unspecified atom stereocenters. The van der Waals surface area contributed by atoms with Crippen molar-refractivity contribution in [2.75, 3.05) is 0 Å². The molecule has 3 aromatic rings. The van der Waals surface area contributed by atoms with Crippen LogP contribution in [0.2, 0.25) is 0 Å². The smallest absolute Gasteiger partial charge is 0.134 e. The zero-order valence-corrected chi connectivity index (χ0v) is 12.9. The summed E-state index contributed by atoms with van der Waals surface area (Å²) in [4.78, 5) is 9.23. The molecule has 0 saturated heterocycles. The number of nitrogens with one attached hydrogen (secondary N) is 1. The second-order valence-corrected chi connectivity index (χ2v) is 6.63. The van der Waals surface area contributed by atoms with E-state index in [1.54, 1.807) is 11.3 Å². The van der Waals surface area contributed by atoms with Gasteiger partial charge >= 0.3 is 0 Å². The summed E-state index contributed by atoms with van der Waals surface area (Å²) in [5.74, 6) is 0. The monoisotopic (exact) mass is 305 g/mol. The Labute approximate surface area is 132 Å². The lowest BCUT2D eigenvalue weighted by molar-refractivity contribution is 0.696. The highest BCUT2D eigenvalue weighted by atomic mass is 32.1. The van der Waals surface area contributed by atoms with E-state index in [2.05, 4.69) is 28.2 Å². The molecule has 0 radical (unpaired) electrons. The number of fused-ring (bicyclic) bond motifs is 2. The van der Waals surface area contributed by atoms with Crippen molar-refractivity contribution in [3.8, 4) is 6.07 Å². The number of rotatable bonds is 2. The molecular formula is C18H15N3S. The molecule has 0 saturated carbocycles. The number of aryl methyl sites for hydroxylation is 1. The van der Waals surface area contributed by atoms with Crippen molar-refractivity contribution in [2.45, 2.75) is 25.7 Å². The third-order valence-electron chi connectivity index (χ3n) is 4.21. The fraction of sp³-hybridized carbons (Fsp3) is 0.222. The third-order valence-corrected chi connectivity index (χ3v) is 5.41. The van der Waals surface area contributed by atoms with Crippen molar-refractivity contribution in [3.63, 3.8) is 0 Å². The number of hydrogen-bond donors (Lipinski definition) is 1. The van der Waals surface area contributed by atoms with Crippen molar-refractivity contribution in [2.24, 2.45) is 4.99 Å². The van der Waals surface area contributed by atoms with Gasteiger partial charge in [0, 0.05) is 33.8 Å². The zero-order valence-electron chi connectivity index (χ0n) is 12.1. The largest absolute Gasteiger partial charge is 0.361 e. The molecule has 1 aliphatic carbocycles. The molecule has 0 amide bonds. The Bertz CT molecular complexity index is 908. The number of aromatic nitrogens is 1. The van der Waals surface area contributed by atoms with Crippen LogP contribution in [-0.2, 0) is 12.8 Å². The molecule has 3 nitrogen and oxygen atoms in total. The van der Waals surface area contributed by atoms with Crippen LogP contribution >= 0.6 is 11.3 Å². The summed E-state index contributed by atoms with van der Waals surface area (Å²) < 4.78 is 0. The summed E-state index contributed by atoms with van der Waals surface area (Å²) in [5.41, 5.74) is 4.20. The highest BCUT2D eigenvalue weighted by Crippen LogP contribution is 2.39. The minimum absolute atomic E-state index is 0.788. The zero-order chi connectivity index (χ0) is 14.9. The third kappa shape index (κ3) is 2.15. The molecule has 1 aromatic carbocycles. The lowest BCUT2D eigenvalue weighted by Crippen LogP contribution is -1.99. The average Bonchev–Trinajstić information content (AvgIpc) is 3.13. The van der Waals surface area contributed by atoms with E-state index in [1.165, 1.54) is 23.3 Å². The van der Waals surface area contributed by atoms with Gasteiger partial charge in [-0.25, -0.2) is 4.99 Å². The Morgan fingerprint density at radius 2 is 2.09 bits per heavy atom. The molecule has 0 fully saturated rings. The highest BCUT2D eigenvalue weighted by molar-refractivity contribution is 7.16. The van der Waals surface area contributed by atoms with Crippen LogP contribution in [0.1, 0.15) is 34.4 Å². The van der Waals surface area contributed by atoms with Gasteiger partial charge in [0.15, 0.2) is 0 Å². The minimum Gasteiger partial charge on any atom is -0.361 e. The van der Waals surface area contributed by atoms with Crippen LogP contribution in [0.25, 0.3) is 10.9 Å². The van der Waals surface area contributed by atoms with Gasteiger partial charge in [-0.2, -0.15) is 5.26 Å². The van der Waals surface area contributed by atoms with Gasteiger partial charge in [-0.05, 0) is 37.3 Å². The Balaban J connectivity index is 1.74. The molecule has 0 spiro atoms. The Kier molecular flexibility index (Phi) is 3.28. The summed E-state index contributed by atoms with van der Waals surface area (Å²) in [6.45, 7) is 0. The van der Waals surface area contributed by atoms with Gasteiger partial charge in [-0.1, -0.05) is 18.2 Å². The summed E-state index contributed by atoms with van der Waals surface area (Å²) >= 11 is 1.68. The maximum Gasteiger partial charge on any atom is 0.134 e. The van der Waals surface area contributed by atoms with Crippen molar-refractivity contribution in [1.82, 2.24) is 4.98 Å². The summed E-state index contributed by atoms with van der Waals surface area (Å²) in [5, 5.41) is 11.5. The number of benzene rings is 1. The van der Waals surface area contributed by atoms with Crippen LogP contribution in [-0.4, -0.2) is 11.2 Å². The number of nitriles is 1. The Morgan fingerprint density at radius 3 is 3.00 bits per heavy atom. The van der Waals surface area contributed by atoms with E-state index >= 15 is 0 Å². The van der Waals surface area contributed by atoms with Crippen molar-refractivity contribution in [1.29, 1.82) is 5.26 Å². The average molecular weight is 305 g/mol. The van der Waals surface area contributed by atoms with Crippen molar-refractivity contribution >= 4 is 33.5 Å². The second-order valence-electron chi connectivity index (χ2n) is 5.55. The van der Waals surface area contributed by atoms with Gasteiger partial charge in [0.2, 0.25) is 0 Å². The molecule has 108 valence electrons. The van der Waals surface area contributed by atoms with Crippen LogP contribution in [0.4, 0.5) is 5.00 Å². The Morgan fingerprint density at radius 1 is 1.23 bits per heavy atom. The van der Waals surface area contributed by atoms with Crippen LogP contribution in [0, 0.1) is 11.3 Å². The number of aliphatic imine (C=N–C) groups is 1. The number of nitrogens with zero attached hydrogens (tertiary/aromatic N) is 2. The molecule has 2 aromatic heterocycles. The van der Waals surface area contributed by atoms with E-state index in [4.69, 9.17) is 0 Å². The van der Waals surface area contributed by atoms with Gasteiger partial charge < -0.3 is 4.98 Å². The summed E-state index contributed by atoms with van der Waals surface area (Å²) in [6.07, 6.45) is 8.37. The van der Waals surface area contributed by atoms with Gasteiger partial charge in [-0.15, -0.1) is 11.3 Å². The first-order valence-electron chi connectivity index (χ1n) is 7.51. The first-order chi connectivity index (χ1) is 10.9. The van der Waals surface area contributed by atoms with Gasteiger partial charge in [0.1, 0.15) is 11.1 Å². The molecular weight excluding hydrogens is 290 g/mol. The normalized spacial score (nSPS) is 14.3. The lowest BCUT2D eigenvalue weighted by Gasteiger charge is -2.09. The number of thiophene rings is 1. The quantitative estimate of drug-likeness (QED) is 0.684. The van der Waals surface area contributed by atoms with Crippen LogP contribution in [0.5, 0.6) is 0 Å². The molecule has 1 aliphatic rings. The van der Waals surface area contributed by atoms with Gasteiger partial charge in [0.25, 0.3) is 0 Å². The molecule has 4 rings (SSSR count). The predicted octanol–water partition coefficient (Wildman–Crippen LogP) is 4.73. The maximum atomic E-state index is 9.47. The fourth-order valence-electron chi connectivity index (χ4n) is 3.09. The van der Waals surface area contributed by atoms with E-state index in [1.807, 2.05) is 24.5 Å². The fourth-order valence-corrected chi connectivity index (χ4v) is 4.27. The summed E-state index contributed by atoms with van der Waals surface area (Å²) in [7, 11) is 0. The number of H-pyrrole nitrogens is 1. The molecule has 0 atom stereocenters. The first-order valence-corrected chi connectivity index (χ1v) is 8.33. The minimum atomic E-state index is 0.788. The van der Waals surface area contributed by atoms with E-state index in [-0.39, 0.29) is 0 Å². The van der Waals surface area contributed by atoms with Crippen LogP contribution < -0.4 is 0 Å². The standard InChI is InChI=1S/C18H15N3S/c19-9-15-14-6-2-4-8-17(14)22-18(15)21-11-12-10-20-16-7-3-1-5-13(12)16/h1,3,5,7,10-11,20H,2,4,6,8H2. The first kappa shape index (κ1) is 13.3. The van der Waals surface area contributed by atoms with Gasteiger partial charge in [-0.3, -0.25) is 0 Å². The van der Waals surface area contributed by atoms with E-state index in [0.29, 0.717) is 0 Å². The summed E-state index contributed by atoms with van der Waals surface area (Å²) in [6, 6.07) is 10.5. The van der Waals surface area contributed by atoms with Crippen LogP contribution in [0.3, 0.4) is 0 Å². The van der Waals surface area contributed by atoms with E-state index in [9.17, 15) is 5.26 Å². The van der Waals surface area contributed by atoms with Crippen molar-refractivity contribution < 1.29 is 0 Å². The molecule has 0 bridgehead atoms. The van der Waals surface area contributed by atoms with Gasteiger partial charge in [0.05, 0.1) is 5.56 Å². The van der Waals surface area contributed by atoms with E-state index < -0.39 is 0 Å². The topological polar surface area (TPSA) is 51.9 Å². The maximum absolute atomic E-state index is 9.47. The number of aromatic amines is 1. The predicted molar refractivity (Wildman–Crippen MR) is 91.2 cm³/mol. The number of hydrogen-bond acceptors (Lipinski definition) is 3. The lowest BCUT2D eigenvalue weighted by atomic mass is 9.96. The highest BCUT2D eigenvalue weighted by Gasteiger charge is 2.20. The number of para-hydroxylation sites is 1. The molecule has 2 heterocycles. The van der Waals surface area contributed by atoms with Crippen LogP contribution in [0.15, 0.2) is 35.5 Å². The van der Waals surface area contributed by atoms with Crippen molar-refractivity contribution in [3.05, 3.63) is 52.0 Å².